The number of anilines is 4. The number of nitrogens with zero attached hydrogens (tertiary/aromatic N) is 4. The summed E-state index contributed by atoms with van der Waals surface area (Å²) in [5.41, 5.74) is 7.40. The number of hydrogen-bond acceptors (Lipinski definition) is 8. The molecule has 0 saturated carbocycles. The van der Waals surface area contributed by atoms with Crippen molar-refractivity contribution in [2.75, 3.05) is 55.3 Å². The fourth-order valence-electron chi connectivity index (χ4n) is 3.07. The second-order valence-electron chi connectivity index (χ2n) is 6.30. The molecule has 3 rings (SSSR count). The first-order valence-corrected chi connectivity index (χ1v) is 10.7. The van der Waals surface area contributed by atoms with Crippen molar-refractivity contribution < 1.29 is 13.2 Å². The number of aromatic nitrogens is 2. The summed E-state index contributed by atoms with van der Waals surface area (Å²) < 4.78 is 32.0. The van der Waals surface area contributed by atoms with Gasteiger partial charge in [-0.1, -0.05) is 13.8 Å². The van der Waals surface area contributed by atoms with Crippen molar-refractivity contribution in [3.8, 4) is 0 Å². The van der Waals surface area contributed by atoms with Crippen LogP contribution < -0.4 is 16.0 Å². The van der Waals surface area contributed by atoms with Gasteiger partial charge in [-0.05, 0) is 24.3 Å². The van der Waals surface area contributed by atoms with E-state index in [9.17, 15) is 8.42 Å². The van der Waals surface area contributed by atoms with E-state index in [1.807, 2.05) is 13.8 Å². The van der Waals surface area contributed by atoms with Crippen molar-refractivity contribution in [2.24, 2.45) is 0 Å². The molecule has 1 aromatic carbocycles. The Morgan fingerprint density at radius 2 is 1.79 bits per heavy atom. The lowest BCUT2D eigenvalue weighted by atomic mass is 10.3. The van der Waals surface area contributed by atoms with Crippen LogP contribution in [0.4, 0.5) is 23.0 Å². The third kappa shape index (κ3) is 4.18. The van der Waals surface area contributed by atoms with Crippen molar-refractivity contribution >= 4 is 33.0 Å². The van der Waals surface area contributed by atoms with Crippen LogP contribution in [0.5, 0.6) is 0 Å². The molecule has 1 fully saturated rings. The van der Waals surface area contributed by atoms with Crippen LogP contribution in [0, 0.1) is 0 Å². The first-order chi connectivity index (χ1) is 13.5. The summed E-state index contributed by atoms with van der Waals surface area (Å²) in [6.45, 7) is 7.21. The molecule has 0 unspecified atom stereocenters. The predicted molar refractivity (Wildman–Crippen MR) is 109 cm³/mol. The Morgan fingerprint density at radius 3 is 2.39 bits per heavy atom. The highest BCUT2D eigenvalue weighted by molar-refractivity contribution is 7.89. The molecule has 9 nitrogen and oxygen atoms in total. The van der Waals surface area contributed by atoms with E-state index in [0.717, 1.165) is 13.1 Å². The highest BCUT2D eigenvalue weighted by Gasteiger charge is 2.21. The number of morpholine rings is 1. The Morgan fingerprint density at radius 1 is 1.14 bits per heavy atom. The summed E-state index contributed by atoms with van der Waals surface area (Å²) >= 11 is 0. The topological polar surface area (TPSA) is 114 Å². The van der Waals surface area contributed by atoms with Crippen LogP contribution in [-0.4, -0.2) is 62.1 Å². The second-order valence-corrected chi connectivity index (χ2v) is 8.24. The number of hydrogen-bond donors (Lipinski definition) is 2. The molecule has 0 radical (unpaired) electrons. The Labute approximate surface area is 165 Å². The molecule has 10 heteroatoms. The number of nitrogen functional groups attached to an aromatic ring is 1. The molecule has 2 aromatic rings. The van der Waals surface area contributed by atoms with Crippen molar-refractivity contribution in [3.63, 3.8) is 0 Å². The Balaban J connectivity index is 1.79. The van der Waals surface area contributed by atoms with E-state index in [1.54, 1.807) is 24.3 Å². The number of sulfonamides is 1. The predicted octanol–water partition coefficient (Wildman–Crippen LogP) is 1.67. The minimum atomic E-state index is -3.48. The summed E-state index contributed by atoms with van der Waals surface area (Å²) in [4.78, 5) is 10.8. The van der Waals surface area contributed by atoms with E-state index in [0.29, 0.717) is 49.3 Å². The zero-order valence-corrected chi connectivity index (χ0v) is 16.9. The fourth-order valence-corrected chi connectivity index (χ4v) is 4.53. The van der Waals surface area contributed by atoms with Gasteiger partial charge in [-0.2, -0.15) is 4.31 Å². The van der Waals surface area contributed by atoms with Gasteiger partial charge >= 0.3 is 0 Å². The largest absolute Gasteiger partial charge is 0.393 e. The molecule has 0 aliphatic carbocycles. The van der Waals surface area contributed by atoms with Crippen molar-refractivity contribution in [3.05, 3.63) is 30.6 Å². The maximum Gasteiger partial charge on any atom is 0.243 e. The molecule has 0 atom stereocenters. The van der Waals surface area contributed by atoms with Crippen molar-refractivity contribution in [1.29, 1.82) is 0 Å². The smallest absolute Gasteiger partial charge is 0.243 e. The van der Waals surface area contributed by atoms with E-state index in [2.05, 4.69) is 20.2 Å². The van der Waals surface area contributed by atoms with Crippen LogP contribution >= 0.6 is 0 Å². The van der Waals surface area contributed by atoms with E-state index >= 15 is 0 Å². The lowest BCUT2D eigenvalue weighted by molar-refractivity contribution is 0.122. The number of ether oxygens (including phenoxy) is 1. The molecule has 1 aromatic heterocycles. The molecular weight excluding hydrogens is 380 g/mol. The monoisotopic (exact) mass is 406 g/mol. The third-order valence-electron chi connectivity index (χ3n) is 4.63. The standard InChI is InChI=1S/C18H26N6O3S/c1-3-24(4-2)28(25,26)15-7-5-14(6-8-15)22-17-16(19)18(21-13-20-17)23-9-11-27-12-10-23/h5-8,13H,3-4,9-12,19H2,1-2H3,(H,20,21,22). The molecule has 28 heavy (non-hydrogen) atoms. The zero-order chi connectivity index (χ0) is 20.1. The number of benzene rings is 1. The quantitative estimate of drug-likeness (QED) is 0.714. The zero-order valence-electron chi connectivity index (χ0n) is 16.1. The first kappa shape index (κ1) is 20.3. The van der Waals surface area contributed by atoms with Gasteiger partial charge in [-0.25, -0.2) is 18.4 Å². The lowest BCUT2D eigenvalue weighted by Crippen LogP contribution is -2.37. The Bertz CT molecular complexity index is 894. The minimum absolute atomic E-state index is 0.256. The van der Waals surface area contributed by atoms with Gasteiger partial charge in [0.25, 0.3) is 0 Å². The molecule has 1 aliphatic heterocycles. The second kappa shape index (κ2) is 8.72. The molecular formula is C18H26N6O3S. The van der Waals surface area contributed by atoms with Gasteiger partial charge in [0.2, 0.25) is 10.0 Å². The van der Waals surface area contributed by atoms with Gasteiger partial charge in [-0.3, -0.25) is 0 Å². The average Bonchev–Trinajstić information content (AvgIpc) is 2.71. The highest BCUT2D eigenvalue weighted by Crippen LogP contribution is 2.29. The first-order valence-electron chi connectivity index (χ1n) is 9.27. The molecule has 0 amide bonds. The maximum atomic E-state index is 12.6. The molecule has 3 N–H and O–H groups in total. The molecule has 0 spiro atoms. The van der Waals surface area contributed by atoms with Crippen LogP contribution in [0.25, 0.3) is 0 Å². The third-order valence-corrected chi connectivity index (χ3v) is 6.70. The summed E-state index contributed by atoms with van der Waals surface area (Å²) in [5, 5.41) is 3.15. The van der Waals surface area contributed by atoms with Crippen molar-refractivity contribution in [2.45, 2.75) is 18.7 Å². The van der Waals surface area contributed by atoms with Crippen molar-refractivity contribution in [1.82, 2.24) is 14.3 Å². The normalized spacial score (nSPS) is 15.0. The lowest BCUT2D eigenvalue weighted by Gasteiger charge is -2.29. The SMILES string of the molecule is CCN(CC)S(=O)(=O)c1ccc(Nc2ncnc(N3CCOCC3)c2N)cc1. The Hall–Kier alpha value is -2.43. The van der Waals surface area contributed by atoms with Gasteiger partial charge in [-0.15, -0.1) is 0 Å². The van der Waals surface area contributed by atoms with Crippen LogP contribution in [0.15, 0.2) is 35.5 Å². The van der Waals surface area contributed by atoms with Crippen LogP contribution in [0.3, 0.4) is 0 Å². The van der Waals surface area contributed by atoms with E-state index in [1.165, 1.54) is 10.6 Å². The maximum absolute atomic E-state index is 12.6. The van der Waals surface area contributed by atoms with Gasteiger partial charge in [0.15, 0.2) is 11.6 Å². The summed E-state index contributed by atoms with van der Waals surface area (Å²) in [6.07, 6.45) is 1.46. The average molecular weight is 407 g/mol. The summed E-state index contributed by atoms with van der Waals surface area (Å²) in [6, 6.07) is 6.56. The molecule has 1 aliphatic rings. The van der Waals surface area contributed by atoms with Gasteiger partial charge < -0.3 is 20.7 Å². The van der Waals surface area contributed by atoms with Crippen LogP contribution in [-0.2, 0) is 14.8 Å². The van der Waals surface area contributed by atoms with Crippen LogP contribution in [0.2, 0.25) is 0 Å². The summed E-state index contributed by atoms with van der Waals surface area (Å²) in [7, 11) is -3.48. The number of nitrogens with two attached hydrogens (primary N) is 1. The molecule has 0 bridgehead atoms. The fraction of sp³-hybridized carbons (Fsp3) is 0.444. The van der Waals surface area contributed by atoms with Gasteiger partial charge in [0, 0.05) is 31.9 Å². The Kier molecular flexibility index (Phi) is 6.32. The minimum Gasteiger partial charge on any atom is -0.393 e. The number of rotatable bonds is 7. The number of nitrogens with one attached hydrogen (secondary N) is 1. The molecule has 1 saturated heterocycles. The van der Waals surface area contributed by atoms with E-state index < -0.39 is 10.0 Å². The van der Waals surface area contributed by atoms with E-state index in [4.69, 9.17) is 10.5 Å². The van der Waals surface area contributed by atoms with Gasteiger partial charge in [0.1, 0.15) is 12.0 Å². The highest BCUT2D eigenvalue weighted by atomic mass is 32.2. The van der Waals surface area contributed by atoms with Crippen LogP contribution in [0.1, 0.15) is 13.8 Å². The molecule has 2 heterocycles. The molecule has 152 valence electrons. The van der Waals surface area contributed by atoms with Gasteiger partial charge in [0.05, 0.1) is 18.1 Å². The summed E-state index contributed by atoms with van der Waals surface area (Å²) in [5.74, 6) is 1.15. The van der Waals surface area contributed by atoms with E-state index in [-0.39, 0.29) is 4.90 Å².